The van der Waals surface area contributed by atoms with E-state index in [0.717, 1.165) is 5.92 Å². The number of benzene rings is 1. The van der Waals surface area contributed by atoms with E-state index in [-0.39, 0.29) is 0 Å². The number of fused-ring (bicyclic) bond motifs is 1. The molecule has 1 aromatic carbocycles. The van der Waals surface area contributed by atoms with Crippen LogP contribution in [0.3, 0.4) is 0 Å². The van der Waals surface area contributed by atoms with Gasteiger partial charge in [0.1, 0.15) is 0 Å². The van der Waals surface area contributed by atoms with Crippen molar-refractivity contribution in [1.29, 1.82) is 0 Å². The van der Waals surface area contributed by atoms with Gasteiger partial charge in [0, 0.05) is 4.83 Å². The van der Waals surface area contributed by atoms with Crippen molar-refractivity contribution in [2.45, 2.75) is 62.6 Å². The quantitative estimate of drug-likeness (QED) is 0.637. The third-order valence-corrected chi connectivity index (χ3v) is 5.77. The van der Waals surface area contributed by atoms with Gasteiger partial charge in [0.2, 0.25) is 0 Å². The lowest BCUT2D eigenvalue weighted by Gasteiger charge is -2.14. The molecule has 0 N–H and O–H groups in total. The maximum Gasteiger partial charge on any atom is 0.0395 e. The van der Waals surface area contributed by atoms with Crippen molar-refractivity contribution in [2.24, 2.45) is 5.92 Å². The van der Waals surface area contributed by atoms with E-state index in [1.807, 2.05) is 0 Å². The Morgan fingerprint density at radius 2 is 1.83 bits per heavy atom. The molecule has 3 rings (SSSR count). The third kappa shape index (κ3) is 2.82. The molecule has 1 unspecified atom stereocenters. The molecule has 1 fully saturated rings. The highest BCUT2D eigenvalue weighted by atomic mass is 79.9. The number of alkyl halides is 1. The zero-order valence-electron chi connectivity index (χ0n) is 11.1. The first-order valence-electron chi connectivity index (χ1n) is 7.59. The van der Waals surface area contributed by atoms with Crippen molar-refractivity contribution in [3.8, 4) is 0 Å². The number of aryl methyl sites for hydroxylation is 2. The summed E-state index contributed by atoms with van der Waals surface area (Å²) >= 11 is 3.90. The smallest absolute Gasteiger partial charge is 0.0395 e. The second-order valence-electron chi connectivity index (χ2n) is 6.08. The first kappa shape index (κ1) is 12.7. The molecule has 1 heteroatoms. The van der Waals surface area contributed by atoms with Gasteiger partial charge < -0.3 is 0 Å². The molecule has 0 aromatic heterocycles. The Balaban J connectivity index is 1.59. The lowest BCUT2D eigenvalue weighted by molar-refractivity contribution is 0.483. The number of hydrogen-bond donors (Lipinski definition) is 0. The summed E-state index contributed by atoms with van der Waals surface area (Å²) < 4.78 is 0. The van der Waals surface area contributed by atoms with Crippen LogP contribution >= 0.6 is 15.9 Å². The molecule has 1 saturated carbocycles. The second-order valence-corrected chi connectivity index (χ2v) is 7.18. The van der Waals surface area contributed by atoms with Crippen LogP contribution in [0.2, 0.25) is 0 Å². The molecule has 0 nitrogen and oxygen atoms in total. The summed E-state index contributed by atoms with van der Waals surface area (Å²) in [5, 5.41) is 0. The molecule has 0 heterocycles. The van der Waals surface area contributed by atoms with Crippen LogP contribution in [0.25, 0.3) is 0 Å². The van der Waals surface area contributed by atoms with Crippen LogP contribution in [0.4, 0.5) is 0 Å². The molecule has 2 aliphatic carbocycles. The molecule has 2 aliphatic rings. The molecule has 98 valence electrons. The first-order valence-corrected chi connectivity index (χ1v) is 8.50. The van der Waals surface area contributed by atoms with Crippen LogP contribution in [0.5, 0.6) is 0 Å². The summed E-state index contributed by atoms with van der Waals surface area (Å²) in [5.41, 5.74) is 4.71. The Bertz CT molecular complexity index is 404. The average Bonchev–Trinajstić information content (AvgIpc) is 3.05. The highest BCUT2D eigenvalue weighted by molar-refractivity contribution is 9.09. The van der Waals surface area contributed by atoms with Crippen LogP contribution in [-0.4, -0.2) is 0 Å². The van der Waals surface area contributed by atoms with Crippen molar-refractivity contribution >= 4 is 15.9 Å². The molecule has 0 amide bonds. The van der Waals surface area contributed by atoms with Crippen molar-refractivity contribution in [2.75, 3.05) is 0 Å². The van der Waals surface area contributed by atoms with E-state index in [1.165, 1.54) is 63.4 Å². The standard InChI is InChI=1S/C17H23Br/c18-17(11-8-13-4-1-2-5-13)16-10-9-14-6-3-7-15(14)12-16/h9-10,12-13,17H,1-8,11H2. The van der Waals surface area contributed by atoms with E-state index < -0.39 is 0 Å². The maximum atomic E-state index is 3.90. The van der Waals surface area contributed by atoms with Gasteiger partial charge in [-0.15, -0.1) is 0 Å². The molecule has 1 atom stereocenters. The zero-order valence-corrected chi connectivity index (χ0v) is 12.7. The van der Waals surface area contributed by atoms with Gasteiger partial charge in [-0.25, -0.2) is 0 Å². The molecule has 0 saturated heterocycles. The van der Waals surface area contributed by atoms with Crippen molar-refractivity contribution in [3.63, 3.8) is 0 Å². The van der Waals surface area contributed by atoms with Crippen LogP contribution < -0.4 is 0 Å². The molecule has 0 bridgehead atoms. The van der Waals surface area contributed by atoms with Crippen LogP contribution in [0, 0.1) is 5.92 Å². The van der Waals surface area contributed by atoms with Gasteiger partial charge in [-0.1, -0.05) is 59.8 Å². The van der Waals surface area contributed by atoms with E-state index in [2.05, 4.69) is 34.1 Å². The van der Waals surface area contributed by atoms with Gasteiger partial charge in [0.15, 0.2) is 0 Å². The summed E-state index contributed by atoms with van der Waals surface area (Å²) in [6.07, 6.45) is 12.6. The Labute approximate surface area is 119 Å². The summed E-state index contributed by atoms with van der Waals surface area (Å²) in [6, 6.07) is 7.16. The minimum Gasteiger partial charge on any atom is -0.0839 e. The van der Waals surface area contributed by atoms with Crippen molar-refractivity contribution in [3.05, 3.63) is 34.9 Å². The summed E-state index contributed by atoms with van der Waals surface area (Å²) in [7, 11) is 0. The highest BCUT2D eigenvalue weighted by Crippen LogP contribution is 2.36. The maximum absolute atomic E-state index is 3.90. The Kier molecular flexibility index (Phi) is 4.08. The SMILES string of the molecule is BrC(CCC1CCCC1)c1ccc2c(c1)CCC2. The first-order chi connectivity index (χ1) is 8.83. The minimum absolute atomic E-state index is 0.573. The molecule has 0 spiro atoms. The van der Waals surface area contributed by atoms with Crippen molar-refractivity contribution in [1.82, 2.24) is 0 Å². The monoisotopic (exact) mass is 306 g/mol. The van der Waals surface area contributed by atoms with Crippen molar-refractivity contribution < 1.29 is 0 Å². The largest absolute Gasteiger partial charge is 0.0839 e. The van der Waals surface area contributed by atoms with Gasteiger partial charge in [0.25, 0.3) is 0 Å². The molecule has 1 aromatic rings. The zero-order chi connectivity index (χ0) is 12.4. The molecule has 18 heavy (non-hydrogen) atoms. The van der Waals surface area contributed by atoms with E-state index in [9.17, 15) is 0 Å². The van der Waals surface area contributed by atoms with Gasteiger partial charge in [-0.2, -0.15) is 0 Å². The highest BCUT2D eigenvalue weighted by Gasteiger charge is 2.18. The Morgan fingerprint density at radius 3 is 2.67 bits per heavy atom. The average molecular weight is 307 g/mol. The predicted molar refractivity (Wildman–Crippen MR) is 81.3 cm³/mol. The number of rotatable bonds is 4. The fourth-order valence-corrected chi connectivity index (χ4v) is 4.18. The van der Waals surface area contributed by atoms with Gasteiger partial charge in [-0.05, 0) is 54.7 Å². The fourth-order valence-electron chi connectivity index (χ4n) is 3.63. The van der Waals surface area contributed by atoms with E-state index in [4.69, 9.17) is 0 Å². The third-order valence-electron chi connectivity index (χ3n) is 4.79. The lowest BCUT2D eigenvalue weighted by atomic mass is 9.97. The minimum atomic E-state index is 0.573. The fraction of sp³-hybridized carbons (Fsp3) is 0.647. The Morgan fingerprint density at radius 1 is 1.06 bits per heavy atom. The van der Waals surface area contributed by atoms with Crippen LogP contribution in [0.1, 0.15) is 66.5 Å². The summed E-state index contributed by atoms with van der Waals surface area (Å²) in [5.74, 6) is 1.01. The second kappa shape index (κ2) is 5.77. The molecular weight excluding hydrogens is 284 g/mol. The summed E-state index contributed by atoms with van der Waals surface area (Å²) in [4.78, 5) is 0.573. The molecular formula is C17H23Br. The van der Waals surface area contributed by atoms with E-state index >= 15 is 0 Å². The van der Waals surface area contributed by atoms with E-state index in [1.54, 1.807) is 11.1 Å². The topological polar surface area (TPSA) is 0 Å². The Hall–Kier alpha value is -0.300. The number of hydrogen-bond acceptors (Lipinski definition) is 0. The number of halogens is 1. The van der Waals surface area contributed by atoms with Crippen LogP contribution in [-0.2, 0) is 12.8 Å². The van der Waals surface area contributed by atoms with Gasteiger partial charge in [0.05, 0.1) is 0 Å². The van der Waals surface area contributed by atoms with Gasteiger partial charge >= 0.3 is 0 Å². The van der Waals surface area contributed by atoms with Gasteiger partial charge in [-0.3, -0.25) is 0 Å². The summed E-state index contributed by atoms with van der Waals surface area (Å²) in [6.45, 7) is 0. The molecule has 0 radical (unpaired) electrons. The molecule has 0 aliphatic heterocycles. The van der Waals surface area contributed by atoms with Crippen LogP contribution in [0.15, 0.2) is 18.2 Å². The normalized spacial score (nSPS) is 21.2. The predicted octanol–water partition coefficient (Wildman–Crippen LogP) is 5.58. The lowest BCUT2D eigenvalue weighted by Crippen LogP contribution is -1.98. The van der Waals surface area contributed by atoms with E-state index in [0.29, 0.717) is 4.83 Å².